The summed E-state index contributed by atoms with van der Waals surface area (Å²) in [6.07, 6.45) is 78.2. The molecule has 0 amide bonds. The number of aliphatic hydroxyl groups is 2. The highest BCUT2D eigenvalue weighted by atomic mass is 31.2. The van der Waals surface area contributed by atoms with Crippen LogP contribution in [0.1, 0.15) is 278 Å². The summed E-state index contributed by atoms with van der Waals surface area (Å²) in [5.41, 5.74) is 0. The lowest BCUT2D eigenvalue weighted by Crippen LogP contribution is -2.30. The summed E-state index contributed by atoms with van der Waals surface area (Å²) in [5.74, 6) is -1.61. The van der Waals surface area contributed by atoms with Crippen LogP contribution in [0.3, 0.4) is 0 Å². The summed E-state index contributed by atoms with van der Waals surface area (Å²) in [4.78, 5) is 58.4. The van der Waals surface area contributed by atoms with Crippen molar-refractivity contribution >= 4 is 33.6 Å². The molecule has 0 aromatic carbocycles. The number of carbonyl (C=O) groups excluding carboxylic acids is 3. The Kier molecular flexibility index (Phi) is 65.0. The van der Waals surface area contributed by atoms with Gasteiger partial charge in [-0.2, -0.15) is 0 Å². The van der Waals surface area contributed by atoms with E-state index in [9.17, 15) is 43.5 Å². The molecule has 0 spiro atoms. The van der Waals surface area contributed by atoms with Gasteiger partial charge in [-0.05, 0) is 128 Å². The van der Waals surface area contributed by atoms with E-state index in [4.69, 9.17) is 32.3 Å². The monoisotopic (exact) mass is 1350 g/mol. The molecule has 4 N–H and O–H groups in total. The summed E-state index contributed by atoms with van der Waals surface area (Å²) in [6.45, 7) is 2.40. The average molecular weight is 1350 g/mol. The lowest BCUT2D eigenvalue weighted by atomic mass is 10.1. The van der Waals surface area contributed by atoms with Crippen LogP contribution < -0.4 is 0 Å². The number of phosphoric ester groups is 2. The third-order valence-corrected chi connectivity index (χ3v) is 16.6. The summed E-state index contributed by atoms with van der Waals surface area (Å²) in [6, 6.07) is 0. The molecular weight excluding hydrogens is 1220 g/mol. The maximum absolute atomic E-state index is 12.9. The molecule has 0 aliphatic heterocycles. The number of ether oxygens (including phenoxy) is 3. The van der Waals surface area contributed by atoms with Gasteiger partial charge in [-0.1, -0.05) is 251 Å². The van der Waals surface area contributed by atoms with Gasteiger partial charge in [0.25, 0.3) is 0 Å². The molecule has 0 aliphatic carbocycles. The normalized spacial score (nSPS) is 14.9. The van der Waals surface area contributed by atoms with Crippen LogP contribution in [-0.4, -0.2) is 95.9 Å². The van der Waals surface area contributed by atoms with E-state index in [1.807, 2.05) is 0 Å². The third kappa shape index (κ3) is 69.1. The average Bonchev–Trinajstić information content (AvgIpc) is 3.71. The zero-order valence-corrected chi connectivity index (χ0v) is 59.7. The van der Waals surface area contributed by atoms with Gasteiger partial charge in [0.15, 0.2) is 6.10 Å². The predicted octanol–water partition coefficient (Wildman–Crippen LogP) is 20.2. The Morgan fingerprint density at radius 2 is 0.570 bits per heavy atom. The summed E-state index contributed by atoms with van der Waals surface area (Å²) in [5, 5.41) is 20.6. The number of allylic oxidation sites excluding steroid dienone is 20. The first-order valence-electron chi connectivity index (χ1n) is 35.8. The first-order valence-corrected chi connectivity index (χ1v) is 38.8. The van der Waals surface area contributed by atoms with Crippen LogP contribution in [0.4, 0.5) is 0 Å². The van der Waals surface area contributed by atoms with Crippen LogP contribution in [0.5, 0.6) is 0 Å². The van der Waals surface area contributed by atoms with E-state index in [1.54, 1.807) is 0 Å². The summed E-state index contributed by atoms with van der Waals surface area (Å²) in [7, 11) is -9.79. The number of hydrogen-bond donors (Lipinski definition) is 4. The van der Waals surface area contributed by atoms with Crippen molar-refractivity contribution in [2.45, 2.75) is 296 Å². The van der Waals surface area contributed by atoms with Gasteiger partial charge in [0.1, 0.15) is 25.4 Å². The first-order chi connectivity index (χ1) is 45.2. The van der Waals surface area contributed by atoms with E-state index in [-0.39, 0.29) is 19.3 Å². The minimum atomic E-state index is -4.93. The molecule has 0 rings (SSSR count). The zero-order chi connectivity index (χ0) is 68.1. The van der Waals surface area contributed by atoms with E-state index in [0.717, 1.165) is 161 Å². The van der Waals surface area contributed by atoms with E-state index in [0.29, 0.717) is 19.3 Å². The molecule has 0 radical (unpaired) electrons. The highest BCUT2D eigenvalue weighted by Gasteiger charge is 2.29. The smallest absolute Gasteiger partial charge is 0.463 e. The largest absolute Gasteiger partial charge is 0.472 e. The Labute approximate surface area is 563 Å². The van der Waals surface area contributed by atoms with Crippen LogP contribution in [-0.2, 0) is 55.8 Å². The molecule has 0 aromatic rings. The van der Waals surface area contributed by atoms with Gasteiger partial charge in [0.05, 0.1) is 26.4 Å². The number of unbranched alkanes of at least 4 members (excludes halogenated alkanes) is 24. The number of phosphoric acid groups is 2. The number of esters is 3. The van der Waals surface area contributed by atoms with Crippen LogP contribution in [0, 0.1) is 0 Å². The van der Waals surface area contributed by atoms with Crippen LogP contribution in [0.2, 0.25) is 0 Å². The molecular formula is C75H128O16P2. The summed E-state index contributed by atoms with van der Waals surface area (Å²) < 4.78 is 60.9. The second kappa shape index (κ2) is 67.9. The van der Waals surface area contributed by atoms with Gasteiger partial charge in [-0.15, -0.1) is 0 Å². The molecule has 0 saturated heterocycles. The van der Waals surface area contributed by atoms with E-state index in [2.05, 4.69) is 142 Å². The Hall–Kier alpha value is -4.05. The Morgan fingerprint density at radius 1 is 0.312 bits per heavy atom. The Bertz CT molecular complexity index is 2180. The SMILES string of the molecule is CC/C=C\C/C=C\C/C=C\C/C=C\C/C=C\C/C=C\CCCCCCCCCCC(=O)OCC(O)COP(=O)(O)OCC(O)COP(=O)(O)OCC(COC(=O)CCCCCCC/C=C\C/C=C\C/C=C\CC)OC(=O)CCCCCCC/C=C\CCCCCCCC. The maximum atomic E-state index is 12.9. The van der Waals surface area contributed by atoms with Crippen molar-refractivity contribution in [1.82, 2.24) is 0 Å². The molecule has 0 aliphatic rings. The zero-order valence-electron chi connectivity index (χ0n) is 57.9. The van der Waals surface area contributed by atoms with E-state index < -0.39 is 91.5 Å². The summed E-state index contributed by atoms with van der Waals surface area (Å²) >= 11 is 0. The molecule has 0 heterocycles. The minimum absolute atomic E-state index is 0.0893. The van der Waals surface area contributed by atoms with Crippen molar-refractivity contribution in [1.29, 1.82) is 0 Å². The van der Waals surface area contributed by atoms with Gasteiger partial charge < -0.3 is 34.2 Å². The predicted molar refractivity (Wildman–Crippen MR) is 380 cm³/mol. The van der Waals surface area contributed by atoms with Gasteiger partial charge in [0, 0.05) is 19.3 Å². The molecule has 93 heavy (non-hydrogen) atoms. The van der Waals surface area contributed by atoms with Gasteiger partial charge in [-0.25, -0.2) is 9.13 Å². The molecule has 5 atom stereocenters. The topological polar surface area (TPSA) is 231 Å². The lowest BCUT2D eigenvalue weighted by molar-refractivity contribution is -0.161. The van der Waals surface area contributed by atoms with Crippen molar-refractivity contribution in [3.05, 3.63) is 122 Å². The van der Waals surface area contributed by atoms with Crippen LogP contribution >= 0.6 is 15.6 Å². The van der Waals surface area contributed by atoms with E-state index >= 15 is 0 Å². The third-order valence-electron chi connectivity index (χ3n) is 14.7. The molecule has 534 valence electrons. The minimum Gasteiger partial charge on any atom is -0.463 e. The molecule has 0 bridgehead atoms. The molecule has 18 heteroatoms. The fourth-order valence-electron chi connectivity index (χ4n) is 9.23. The second-order valence-corrected chi connectivity index (χ2v) is 26.5. The second-order valence-electron chi connectivity index (χ2n) is 23.6. The number of rotatable bonds is 67. The molecule has 0 aromatic heterocycles. The highest BCUT2D eigenvalue weighted by molar-refractivity contribution is 7.47. The van der Waals surface area contributed by atoms with Crippen LogP contribution in [0.25, 0.3) is 0 Å². The number of carbonyl (C=O) groups is 3. The van der Waals surface area contributed by atoms with E-state index in [1.165, 1.54) is 57.8 Å². The fraction of sp³-hybridized carbons (Fsp3) is 0.693. The quantitative estimate of drug-likeness (QED) is 0.0146. The maximum Gasteiger partial charge on any atom is 0.472 e. The number of hydrogen-bond acceptors (Lipinski definition) is 14. The number of aliphatic hydroxyl groups excluding tert-OH is 2. The van der Waals surface area contributed by atoms with Crippen molar-refractivity contribution < 1.29 is 75.8 Å². The standard InChI is InChI=1S/C75H128O16P2/c1-4-7-10-13-16-19-22-25-28-29-30-31-32-33-34-35-36-37-38-39-42-44-46-49-52-55-58-61-73(78)85-64-70(76)65-87-92(81,82)88-66-71(77)67-89-93(83,84)90-69-72(91-75(80)63-60-57-54-51-48-45-41-27-24-21-18-15-12-9-6-3)68-86-74(79)62-59-56-53-50-47-43-40-26-23-20-17-14-11-8-5-2/h7-8,10-11,16-17,19-20,25-28,30-31,33-34,36-37,40-41,70-72,76-77H,4-6,9,12-15,18,21-24,29,32,35,38-39,42-69H2,1-3H3,(H,81,82)(H,83,84)/b10-7-,11-8-,19-16-,20-17-,28-25-,31-30-,34-33-,37-36-,40-26-,41-27-. The van der Waals surface area contributed by atoms with Gasteiger partial charge >= 0.3 is 33.6 Å². The van der Waals surface area contributed by atoms with Crippen molar-refractivity contribution in [2.24, 2.45) is 0 Å². The molecule has 0 saturated carbocycles. The first kappa shape index (κ1) is 89.0. The van der Waals surface area contributed by atoms with Gasteiger partial charge in [0.2, 0.25) is 0 Å². The van der Waals surface area contributed by atoms with Gasteiger partial charge in [-0.3, -0.25) is 32.5 Å². The lowest BCUT2D eigenvalue weighted by Gasteiger charge is -2.21. The van der Waals surface area contributed by atoms with Crippen molar-refractivity contribution in [3.63, 3.8) is 0 Å². The molecule has 5 unspecified atom stereocenters. The Balaban J connectivity index is 4.56. The highest BCUT2D eigenvalue weighted by Crippen LogP contribution is 2.45. The molecule has 0 fully saturated rings. The molecule has 16 nitrogen and oxygen atoms in total. The Morgan fingerprint density at radius 3 is 0.914 bits per heavy atom. The van der Waals surface area contributed by atoms with Crippen molar-refractivity contribution in [2.75, 3.05) is 39.6 Å². The van der Waals surface area contributed by atoms with Crippen molar-refractivity contribution in [3.8, 4) is 0 Å². The fourth-order valence-corrected chi connectivity index (χ4v) is 10.8. The van der Waals surface area contributed by atoms with Crippen LogP contribution in [0.15, 0.2) is 122 Å².